The highest BCUT2D eigenvalue weighted by Gasteiger charge is 2.14. The lowest BCUT2D eigenvalue weighted by Crippen LogP contribution is -2.24. The Morgan fingerprint density at radius 1 is 1.44 bits per heavy atom. The number of halogens is 2. The summed E-state index contributed by atoms with van der Waals surface area (Å²) >= 11 is 6.53. The Morgan fingerprint density at radius 3 is 2.94 bits per heavy atom. The summed E-state index contributed by atoms with van der Waals surface area (Å²) in [7, 11) is 0. The molecule has 0 saturated carbocycles. The van der Waals surface area contributed by atoms with Crippen molar-refractivity contribution in [3.05, 3.63) is 9.47 Å². The van der Waals surface area contributed by atoms with Crippen LogP contribution in [-0.2, 0) is 16.0 Å². The molecule has 1 saturated heterocycles. The fourth-order valence-corrected chi connectivity index (χ4v) is 2.57. The topological polar surface area (TPSA) is 49.2 Å². The molecule has 0 bridgehead atoms. The van der Waals surface area contributed by atoms with E-state index >= 15 is 0 Å². The summed E-state index contributed by atoms with van der Waals surface area (Å²) in [5, 5.41) is 4.15. The van der Waals surface area contributed by atoms with Gasteiger partial charge in [0.05, 0.1) is 13.2 Å². The SMILES string of the molecule is Brc1nc(Br)n(CCO[C@H]2CCCCO2)n1. The smallest absolute Gasteiger partial charge is 0.218 e. The van der Waals surface area contributed by atoms with Crippen molar-refractivity contribution in [2.24, 2.45) is 0 Å². The third-order valence-corrected chi connectivity index (χ3v) is 3.27. The van der Waals surface area contributed by atoms with Gasteiger partial charge < -0.3 is 9.47 Å². The Morgan fingerprint density at radius 2 is 2.31 bits per heavy atom. The van der Waals surface area contributed by atoms with Crippen LogP contribution >= 0.6 is 31.9 Å². The summed E-state index contributed by atoms with van der Waals surface area (Å²) in [5.41, 5.74) is 0. The van der Waals surface area contributed by atoms with E-state index in [-0.39, 0.29) is 6.29 Å². The third-order valence-electron chi connectivity index (χ3n) is 2.35. The lowest BCUT2D eigenvalue weighted by molar-refractivity contribution is -0.163. The summed E-state index contributed by atoms with van der Waals surface area (Å²) < 4.78 is 14.1. The van der Waals surface area contributed by atoms with E-state index in [4.69, 9.17) is 9.47 Å². The monoisotopic (exact) mass is 353 g/mol. The van der Waals surface area contributed by atoms with Crippen molar-refractivity contribution >= 4 is 31.9 Å². The van der Waals surface area contributed by atoms with Crippen molar-refractivity contribution in [3.63, 3.8) is 0 Å². The zero-order valence-corrected chi connectivity index (χ0v) is 11.9. The van der Waals surface area contributed by atoms with Crippen LogP contribution < -0.4 is 0 Å². The van der Waals surface area contributed by atoms with Crippen molar-refractivity contribution in [2.45, 2.75) is 32.1 Å². The van der Waals surface area contributed by atoms with Crippen LogP contribution in [0, 0.1) is 0 Å². The Hall–Kier alpha value is 0.0200. The first-order chi connectivity index (χ1) is 7.75. The van der Waals surface area contributed by atoms with Crippen LogP contribution in [-0.4, -0.2) is 34.3 Å². The van der Waals surface area contributed by atoms with Crippen molar-refractivity contribution in [3.8, 4) is 0 Å². The number of ether oxygens (including phenoxy) is 2. The highest BCUT2D eigenvalue weighted by Crippen LogP contribution is 2.14. The molecule has 1 aromatic heterocycles. The van der Waals surface area contributed by atoms with Gasteiger partial charge in [0, 0.05) is 6.61 Å². The van der Waals surface area contributed by atoms with Gasteiger partial charge in [0.25, 0.3) is 0 Å². The van der Waals surface area contributed by atoms with Gasteiger partial charge in [-0.05, 0) is 51.1 Å². The Kier molecular flexibility index (Phi) is 4.75. The summed E-state index contributed by atoms with van der Waals surface area (Å²) in [6.07, 6.45) is 3.27. The third kappa shape index (κ3) is 3.51. The van der Waals surface area contributed by atoms with Gasteiger partial charge in [-0.15, -0.1) is 5.10 Å². The van der Waals surface area contributed by atoms with Gasteiger partial charge in [-0.2, -0.15) is 4.98 Å². The predicted octanol–water partition coefficient (Wildman–Crippen LogP) is 2.35. The van der Waals surface area contributed by atoms with E-state index in [1.54, 1.807) is 4.68 Å². The van der Waals surface area contributed by atoms with Crippen molar-refractivity contribution < 1.29 is 9.47 Å². The quantitative estimate of drug-likeness (QED) is 0.832. The normalized spacial score (nSPS) is 21.2. The fourth-order valence-electron chi connectivity index (χ4n) is 1.55. The van der Waals surface area contributed by atoms with Crippen LogP contribution in [0.4, 0.5) is 0 Å². The lowest BCUT2D eigenvalue weighted by Gasteiger charge is -2.22. The van der Waals surface area contributed by atoms with E-state index in [0.717, 1.165) is 19.4 Å². The average Bonchev–Trinajstić information content (AvgIpc) is 2.59. The first-order valence-electron chi connectivity index (χ1n) is 5.25. The Bertz CT molecular complexity index is 339. The number of rotatable bonds is 4. The number of hydrogen-bond acceptors (Lipinski definition) is 4. The molecule has 0 amide bonds. The number of aromatic nitrogens is 3. The molecule has 0 aliphatic carbocycles. The first kappa shape index (κ1) is 12.5. The molecule has 90 valence electrons. The number of nitrogens with zero attached hydrogens (tertiary/aromatic N) is 3. The van der Waals surface area contributed by atoms with E-state index in [1.165, 1.54) is 6.42 Å². The largest absolute Gasteiger partial charge is 0.353 e. The molecule has 0 spiro atoms. The van der Waals surface area contributed by atoms with E-state index in [0.29, 0.717) is 22.6 Å². The van der Waals surface area contributed by atoms with Gasteiger partial charge in [-0.3, -0.25) is 0 Å². The van der Waals surface area contributed by atoms with Gasteiger partial charge in [0.2, 0.25) is 4.73 Å². The van der Waals surface area contributed by atoms with Crippen LogP contribution in [0.1, 0.15) is 19.3 Å². The maximum Gasteiger partial charge on any atom is 0.218 e. The van der Waals surface area contributed by atoms with E-state index in [2.05, 4.69) is 41.9 Å². The standard InChI is InChI=1S/C9H13Br2N3O2/c10-8-12-9(11)14(13-8)4-6-16-7-3-1-2-5-15-7/h7H,1-6H2/t7-/m0/s1. The van der Waals surface area contributed by atoms with Gasteiger partial charge in [0.15, 0.2) is 11.0 Å². The van der Waals surface area contributed by atoms with E-state index in [1.807, 2.05) is 0 Å². The highest BCUT2D eigenvalue weighted by atomic mass is 79.9. The second kappa shape index (κ2) is 6.09. The molecule has 0 N–H and O–H groups in total. The Balaban J connectivity index is 1.73. The molecule has 0 unspecified atom stereocenters. The van der Waals surface area contributed by atoms with Crippen molar-refractivity contribution in [1.29, 1.82) is 0 Å². The average molecular weight is 355 g/mol. The highest BCUT2D eigenvalue weighted by molar-refractivity contribution is 9.11. The molecule has 1 atom stereocenters. The molecular weight excluding hydrogens is 342 g/mol. The summed E-state index contributed by atoms with van der Waals surface area (Å²) in [5.74, 6) is 0. The maximum atomic E-state index is 5.60. The molecular formula is C9H13Br2N3O2. The summed E-state index contributed by atoms with van der Waals surface area (Å²) in [6, 6.07) is 0. The molecule has 16 heavy (non-hydrogen) atoms. The second-order valence-corrected chi connectivity index (χ2v) is 4.96. The molecule has 0 radical (unpaired) electrons. The van der Waals surface area contributed by atoms with Crippen LogP contribution in [0.25, 0.3) is 0 Å². The maximum absolute atomic E-state index is 5.60. The lowest BCUT2D eigenvalue weighted by atomic mass is 10.2. The molecule has 2 rings (SSSR count). The molecule has 1 aliphatic rings. The molecule has 1 fully saturated rings. The summed E-state index contributed by atoms with van der Waals surface area (Å²) in [6.45, 7) is 2.06. The van der Waals surface area contributed by atoms with Gasteiger partial charge in [-0.1, -0.05) is 0 Å². The zero-order valence-electron chi connectivity index (χ0n) is 8.73. The molecule has 1 aliphatic heterocycles. The van der Waals surface area contributed by atoms with Crippen LogP contribution in [0.2, 0.25) is 0 Å². The van der Waals surface area contributed by atoms with Crippen molar-refractivity contribution in [2.75, 3.05) is 13.2 Å². The van der Waals surface area contributed by atoms with Crippen LogP contribution in [0.15, 0.2) is 9.47 Å². The number of hydrogen-bond donors (Lipinski definition) is 0. The first-order valence-corrected chi connectivity index (χ1v) is 6.83. The molecule has 2 heterocycles. The van der Waals surface area contributed by atoms with Crippen LogP contribution in [0.3, 0.4) is 0 Å². The minimum atomic E-state index is -0.0421. The van der Waals surface area contributed by atoms with E-state index in [9.17, 15) is 0 Å². The molecule has 0 aromatic carbocycles. The van der Waals surface area contributed by atoms with Gasteiger partial charge >= 0.3 is 0 Å². The van der Waals surface area contributed by atoms with Gasteiger partial charge in [0.1, 0.15) is 0 Å². The minimum absolute atomic E-state index is 0.0421. The predicted molar refractivity (Wildman–Crippen MR) is 65.0 cm³/mol. The molecule has 1 aromatic rings. The molecule has 7 heteroatoms. The minimum Gasteiger partial charge on any atom is -0.353 e. The molecule has 5 nitrogen and oxygen atoms in total. The van der Waals surface area contributed by atoms with Crippen molar-refractivity contribution in [1.82, 2.24) is 14.8 Å². The Labute approximate surface area is 111 Å². The zero-order chi connectivity index (χ0) is 11.4. The second-order valence-electron chi connectivity index (χ2n) is 3.54. The fraction of sp³-hybridized carbons (Fsp3) is 0.778. The summed E-state index contributed by atoms with van der Waals surface area (Å²) in [4.78, 5) is 4.07. The van der Waals surface area contributed by atoms with E-state index < -0.39 is 0 Å². The van der Waals surface area contributed by atoms with Gasteiger partial charge in [-0.25, -0.2) is 4.68 Å². The van der Waals surface area contributed by atoms with Crippen LogP contribution in [0.5, 0.6) is 0 Å².